The standard InChI is InChI=1S/C14H19N3O2/c1-10-6-4-5-7-12(10)15-9-8-13-16-14(17-19-13)11(2)18-3/h4-7,11,15H,8-9H2,1-3H3. The summed E-state index contributed by atoms with van der Waals surface area (Å²) in [5.74, 6) is 1.22. The van der Waals surface area contributed by atoms with Crippen molar-refractivity contribution >= 4 is 5.69 Å². The summed E-state index contributed by atoms with van der Waals surface area (Å²) >= 11 is 0. The second kappa shape index (κ2) is 6.33. The molecule has 0 bridgehead atoms. The molecule has 1 heterocycles. The van der Waals surface area contributed by atoms with Gasteiger partial charge in [-0.2, -0.15) is 4.98 Å². The Labute approximate surface area is 113 Å². The molecule has 5 heteroatoms. The fraction of sp³-hybridized carbons (Fsp3) is 0.429. The summed E-state index contributed by atoms with van der Waals surface area (Å²) in [6.07, 6.45) is 0.555. The molecule has 1 aromatic heterocycles. The maximum Gasteiger partial charge on any atom is 0.228 e. The van der Waals surface area contributed by atoms with E-state index in [0.29, 0.717) is 18.1 Å². The maximum absolute atomic E-state index is 5.17. The number of anilines is 1. The predicted molar refractivity (Wildman–Crippen MR) is 73.1 cm³/mol. The first-order chi connectivity index (χ1) is 9.20. The maximum atomic E-state index is 5.17. The van der Waals surface area contributed by atoms with Crippen LogP contribution in [0.4, 0.5) is 5.69 Å². The molecular weight excluding hydrogens is 242 g/mol. The van der Waals surface area contributed by atoms with Crippen molar-refractivity contribution in [3.63, 3.8) is 0 Å². The van der Waals surface area contributed by atoms with Crippen molar-refractivity contribution < 1.29 is 9.26 Å². The first-order valence-electron chi connectivity index (χ1n) is 6.35. The summed E-state index contributed by atoms with van der Waals surface area (Å²) in [6, 6.07) is 8.17. The van der Waals surface area contributed by atoms with Crippen LogP contribution in [0.5, 0.6) is 0 Å². The third-order valence-electron chi connectivity index (χ3n) is 3.00. The van der Waals surface area contributed by atoms with E-state index < -0.39 is 0 Å². The van der Waals surface area contributed by atoms with Gasteiger partial charge in [0.25, 0.3) is 0 Å². The number of aromatic nitrogens is 2. The van der Waals surface area contributed by atoms with Gasteiger partial charge in [-0.15, -0.1) is 0 Å². The van der Waals surface area contributed by atoms with Crippen LogP contribution >= 0.6 is 0 Å². The molecule has 0 saturated carbocycles. The highest BCUT2D eigenvalue weighted by molar-refractivity contribution is 5.50. The Hall–Kier alpha value is -1.88. The minimum atomic E-state index is -0.137. The van der Waals surface area contributed by atoms with Crippen LogP contribution < -0.4 is 5.32 Å². The fourth-order valence-corrected chi connectivity index (χ4v) is 1.72. The van der Waals surface area contributed by atoms with Crippen molar-refractivity contribution in [3.8, 4) is 0 Å². The van der Waals surface area contributed by atoms with Gasteiger partial charge in [0.15, 0.2) is 5.82 Å². The highest BCUT2D eigenvalue weighted by Gasteiger charge is 2.12. The lowest BCUT2D eigenvalue weighted by atomic mass is 10.2. The molecule has 2 rings (SSSR count). The third kappa shape index (κ3) is 3.54. The Morgan fingerprint density at radius 1 is 1.37 bits per heavy atom. The number of hydrogen-bond acceptors (Lipinski definition) is 5. The number of nitrogens with one attached hydrogen (secondary N) is 1. The first-order valence-corrected chi connectivity index (χ1v) is 6.35. The van der Waals surface area contributed by atoms with Crippen LogP contribution in [0, 0.1) is 6.92 Å². The zero-order chi connectivity index (χ0) is 13.7. The van der Waals surface area contributed by atoms with Gasteiger partial charge < -0.3 is 14.6 Å². The molecule has 102 valence electrons. The molecule has 2 aromatic rings. The summed E-state index contributed by atoms with van der Waals surface area (Å²) in [4.78, 5) is 4.29. The van der Waals surface area contributed by atoms with E-state index in [1.165, 1.54) is 5.56 Å². The average molecular weight is 261 g/mol. The molecular formula is C14H19N3O2. The predicted octanol–water partition coefficient (Wildman–Crippen LogP) is 2.74. The van der Waals surface area contributed by atoms with E-state index in [1.807, 2.05) is 19.1 Å². The zero-order valence-corrected chi connectivity index (χ0v) is 11.5. The molecule has 1 atom stereocenters. The molecule has 0 spiro atoms. The molecule has 0 saturated heterocycles. The normalized spacial score (nSPS) is 12.4. The molecule has 0 fully saturated rings. The van der Waals surface area contributed by atoms with Crippen molar-refractivity contribution in [1.82, 2.24) is 10.1 Å². The van der Waals surface area contributed by atoms with Gasteiger partial charge in [-0.05, 0) is 25.5 Å². The fourth-order valence-electron chi connectivity index (χ4n) is 1.72. The molecule has 0 aliphatic carbocycles. The van der Waals surface area contributed by atoms with Crippen molar-refractivity contribution in [3.05, 3.63) is 41.5 Å². The number of benzene rings is 1. The SMILES string of the molecule is COC(C)c1noc(CCNc2ccccc2C)n1. The molecule has 5 nitrogen and oxygen atoms in total. The molecule has 1 N–H and O–H groups in total. The van der Waals surface area contributed by atoms with Gasteiger partial charge in [-0.3, -0.25) is 0 Å². The Balaban J connectivity index is 1.86. The van der Waals surface area contributed by atoms with Crippen molar-refractivity contribution in [2.24, 2.45) is 0 Å². The Kier molecular flexibility index (Phi) is 4.52. The summed E-state index contributed by atoms with van der Waals surface area (Å²) < 4.78 is 10.3. The smallest absolute Gasteiger partial charge is 0.228 e. The first kappa shape index (κ1) is 13.5. The van der Waals surface area contributed by atoms with Crippen LogP contribution in [0.1, 0.15) is 30.3 Å². The number of aryl methyl sites for hydroxylation is 1. The van der Waals surface area contributed by atoms with Crippen molar-refractivity contribution in [2.45, 2.75) is 26.4 Å². The van der Waals surface area contributed by atoms with Gasteiger partial charge in [0.05, 0.1) is 0 Å². The van der Waals surface area contributed by atoms with Crippen LogP contribution in [0.2, 0.25) is 0 Å². The van der Waals surface area contributed by atoms with Gasteiger partial charge in [-0.1, -0.05) is 23.4 Å². The topological polar surface area (TPSA) is 60.2 Å². The highest BCUT2D eigenvalue weighted by atomic mass is 16.5. The van der Waals surface area contributed by atoms with Gasteiger partial charge in [0.1, 0.15) is 6.10 Å². The molecule has 1 aromatic carbocycles. The number of para-hydroxylation sites is 1. The van der Waals surface area contributed by atoms with E-state index in [0.717, 1.165) is 12.2 Å². The lowest BCUT2D eigenvalue weighted by Gasteiger charge is -2.07. The zero-order valence-electron chi connectivity index (χ0n) is 11.5. The molecule has 1 unspecified atom stereocenters. The Morgan fingerprint density at radius 2 is 2.16 bits per heavy atom. The second-order valence-electron chi connectivity index (χ2n) is 4.42. The van der Waals surface area contributed by atoms with Crippen LogP contribution in [0.3, 0.4) is 0 Å². The molecule has 0 aliphatic rings. The number of methoxy groups -OCH3 is 1. The van der Waals surface area contributed by atoms with Crippen molar-refractivity contribution in [2.75, 3.05) is 19.0 Å². The van der Waals surface area contributed by atoms with E-state index >= 15 is 0 Å². The lowest BCUT2D eigenvalue weighted by molar-refractivity contribution is 0.109. The molecule has 19 heavy (non-hydrogen) atoms. The van der Waals surface area contributed by atoms with E-state index in [-0.39, 0.29) is 6.10 Å². The highest BCUT2D eigenvalue weighted by Crippen LogP contribution is 2.14. The van der Waals surface area contributed by atoms with E-state index in [2.05, 4.69) is 34.5 Å². The number of hydrogen-bond donors (Lipinski definition) is 1. The van der Waals surface area contributed by atoms with Crippen LogP contribution in [0.25, 0.3) is 0 Å². The molecule has 0 radical (unpaired) electrons. The van der Waals surface area contributed by atoms with Gasteiger partial charge in [0.2, 0.25) is 5.89 Å². The summed E-state index contributed by atoms with van der Waals surface area (Å²) in [5.41, 5.74) is 2.36. The summed E-state index contributed by atoms with van der Waals surface area (Å²) in [7, 11) is 1.63. The van der Waals surface area contributed by atoms with Crippen LogP contribution in [-0.4, -0.2) is 23.8 Å². The second-order valence-corrected chi connectivity index (χ2v) is 4.42. The van der Waals surface area contributed by atoms with Gasteiger partial charge >= 0.3 is 0 Å². The third-order valence-corrected chi connectivity index (χ3v) is 3.00. The van der Waals surface area contributed by atoms with E-state index in [1.54, 1.807) is 7.11 Å². The molecule has 0 amide bonds. The molecule has 0 aliphatic heterocycles. The monoisotopic (exact) mass is 261 g/mol. The summed E-state index contributed by atoms with van der Waals surface area (Å²) in [5, 5.41) is 7.25. The quantitative estimate of drug-likeness (QED) is 0.866. The van der Waals surface area contributed by atoms with E-state index in [9.17, 15) is 0 Å². The van der Waals surface area contributed by atoms with Crippen LogP contribution in [0.15, 0.2) is 28.8 Å². The minimum absolute atomic E-state index is 0.137. The lowest BCUT2D eigenvalue weighted by Crippen LogP contribution is -2.06. The van der Waals surface area contributed by atoms with Crippen molar-refractivity contribution in [1.29, 1.82) is 0 Å². The summed E-state index contributed by atoms with van der Waals surface area (Å²) in [6.45, 7) is 4.72. The minimum Gasteiger partial charge on any atom is -0.384 e. The van der Waals surface area contributed by atoms with Gasteiger partial charge in [0, 0.05) is 25.8 Å². The number of ether oxygens (including phenoxy) is 1. The van der Waals surface area contributed by atoms with Crippen LogP contribution in [-0.2, 0) is 11.2 Å². The number of rotatable bonds is 6. The van der Waals surface area contributed by atoms with E-state index in [4.69, 9.17) is 9.26 Å². The Morgan fingerprint density at radius 3 is 2.89 bits per heavy atom. The van der Waals surface area contributed by atoms with Gasteiger partial charge in [-0.25, -0.2) is 0 Å². The Bertz CT molecular complexity index is 525. The number of nitrogens with zero attached hydrogens (tertiary/aromatic N) is 2. The average Bonchev–Trinajstić information content (AvgIpc) is 2.89. The largest absolute Gasteiger partial charge is 0.384 e.